The maximum Gasteiger partial charge on any atom is 0.329 e. The van der Waals surface area contributed by atoms with Gasteiger partial charge in [0.25, 0.3) is 0 Å². The Balaban J connectivity index is 1.58. The number of amides is 1. The van der Waals surface area contributed by atoms with E-state index < -0.39 is 17.6 Å². The molecular formula is C31H44N2O4. The van der Waals surface area contributed by atoms with Gasteiger partial charge >= 0.3 is 5.97 Å². The van der Waals surface area contributed by atoms with Gasteiger partial charge in [-0.1, -0.05) is 56.3 Å². The van der Waals surface area contributed by atoms with Crippen molar-refractivity contribution in [3.05, 3.63) is 65.7 Å². The second-order valence-electron chi connectivity index (χ2n) is 11.5. The maximum atomic E-state index is 13.2. The Bertz CT molecular complexity index is 975. The Morgan fingerprint density at radius 1 is 0.973 bits per heavy atom. The summed E-state index contributed by atoms with van der Waals surface area (Å²) in [4.78, 5) is 28.6. The van der Waals surface area contributed by atoms with Gasteiger partial charge in [-0.25, -0.2) is 4.79 Å². The molecule has 0 unspecified atom stereocenters. The zero-order chi connectivity index (χ0) is 26.8. The van der Waals surface area contributed by atoms with Crippen molar-refractivity contribution in [2.75, 3.05) is 19.6 Å². The molecule has 1 aliphatic heterocycles. The van der Waals surface area contributed by atoms with Crippen LogP contribution in [-0.2, 0) is 27.4 Å². The molecule has 37 heavy (non-hydrogen) atoms. The minimum atomic E-state index is -0.734. The lowest BCUT2D eigenvalue weighted by atomic mass is 9.94. The van der Waals surface area contributed by atoms with Crippen molar-refractivity contribution >= 4 is 11.9 Å². The molecule has 6 heteroatoms. The highest BCUT2D eigenvalue weighted by Crippen LogP contribution is 2.20. The summed E-state index contributed by atoms with van der Waals surface area (Å²) in [7, 11) is 0. The van der Waals surface area contributed by atoms with Gasteiger partial charge in [-0.2, -0.15) is 0 Å². The Hall–Kier alpha value is -2.86. The first-order valence-electron chi connectivity index (χ1n) is 13.6. The van der Waals surface area contributed by atoms with Gasteiger partial charge in [-0.15, -0.1) is 0 Å². The van der Waals surface area contributed by atoms with Crippen LogP contribution >= 0.6 is 0 Å². The van der Waals surface area contributed by atoms with Crippen molar-refractivity contribution in [3.63, 3.8) is 0 Å². The van der Waals surface area contributed by atoms with E-state index in [0.29, 0.717) is 18.9 Å². The van der Waals surface area contributed by atoms with Crippen LogP contribution < -0.4 is 10.1 Å². The Kier molecular flexibility index (Phi) is 10.6. The van der Waals surface area contributed by atoms with Crippen molar-refractivity contribution in [3.8, 4) is 5.75 Å². The summed E-state index contributed by atoms with van der Waals surface area (Å²) in [5.74, 6) is 0.908. The molecule has 0 radical (unpaired) electrons. The molecule has 0 aromatic heterocycles. The van der Waals surface area contributed by atoms with Crippen LogP contribution in [0.3, 0.4) is 0 Å². The van der Waals surface area contributed by atoms with Gasteiger partial charge in [0.05, 0.1) is 0 Å². The zero-order valence-corrected chi connectivity index (χ0v) is 23.2. The largest absolute Gasteiger partial charge is 0.489 e. The molecule has 6 nitrogen and oxygen atoms in total. The molecule has 0 saturated carbocycles. The number of hydrogen-bond donors (Lipinski definition) is 1. The minimum absolute atomic E-state index is 0.0535. The summed E-state index contributed by atoms with van der Waals surface area (Å²) in [6, 6.07) is 17.0. The molecule has 2 aromatic carbocycles. The molecule has 3 rings (SSSR count). The number of ether oxygens (including phenoxy) is 2. The highest BCUT2D eigenvalue weighted by molar-refractivity contribution is 5.86. The van der Waals surface area contributed by atoms with Gasteiger partial charge in [0.2, 0.25) is 5.91 Å². The molecule has 1 aliphatic rings. The van der Waals surface area contributed by atoms with Gasteiger partial charge in [-0.05, 0) is 88.8 Å². The highest BCUT2D eigenvalue weighted by atomic mass is 16.6. The van der Waals surface area contributed by atoms with E-state index in [0.717, 1.165) is 49.4 Å². The fourth-order valence-corrected chi connectivity index (χ4v) is 4.41. The molecule has 1 N–H and O–H groups in total. The molecule has 1 atom stereocenters. The Labute approximate surface area is 222 Å². The molecule has 0 spiro atoms. The van der Waals surface area contributed by atoms with E-state index in [1.54, 1.807) is 0 Å². The van der Waals surface area contributed by atoms with Gasteiger partial charge in [-0.3, -0.25) is 4.79 Å². The molecule has 2 aromatic rings. The monoisotopic (exact) mass is 508 g/mol. The standard InChI is InChI=1S/C31H44N2O4/c1-23(2)15-18-33-19-16-26(17-20-33)29(34)32-28(30(35)37-31(3,4)5)21-24-11-13-27(14-12-24)36-22-25-9-7-6-8-10-25/h6-14,23,26,28H,15-22H2,1-5H3,(H,32,34)/t28-/m0/s1. The van der Waals surface area contributed by atoms with Crippen LogP contribution in [0.25, 0.3) is 0 Å². The molecule has 0 bridgehead atoms. The summed E-state index contributed by atoms with van der Waals surface area (Å²) < 4.78 is 11.5. The SMILES string of the molecule is CC(C)CCN1CCC(C(=O)N[C@@H](Cc2ccc(OCc3ccccc3)cc2)C(=O)OC(C)(C)C)CC1. The first kappa shape index (κ1) is 28.7. The summed E-state index contributed by atoms with van der Waals surface area (Å²) in [6.07, 6.45) is 3.18. The van der Waals surface area contributed by atoms with Crippen LogP contribution in [-0.4, -0.2) is 48.1 Å². The molecule has 1 fully saturated rings. The minimum Gasteiger partial charge on any atom is -0.489 e. The first-order valence-corrected chi connectivity index (χ1v) is 13.6. The number of benzene rings is 2. The van der Waals surface area contributed by atoms with Gasteiger partial charge < -0.3 is 19.7 Å². The van der Waals surface area contributed by atoms with Crippen molar-refractivity contribution < 1.29 is 19.1 Å². The number of hydrogen-bond acceptors (Lipinski definition) is 5. The fourth-order valence-electron chi connectivity index (χ4n) is 4.41. The quantitative estimate of drug-likeness (QED) is 0.412. The molecule has 1 heterocycles. The van der Waals surface area contributed by atoms with Crippen LogP contribution in [0.1, 0.15) is 65.0 Å². The summed E-state index contributed by atoms with van der Waals surface area (Å²) in [5.41, 5.74) is 1.41. The van der Waals surface area contributed by atoms with E-state index in [2.05, 4.69) is 24.1 Å². The fraction of sp³-hybridized carbons (Fsp3) is 0.548. The van der Waals surface area contributed by atoms with Crippen molar-refractivity contribution in [1.29, 1.82) is 0 Å². The predicted octanol–water partition coefficient (Wildman–Crippen LogP) is 5.39. The van der Waals surface area contributed by atoms with E-state index in [-0.39, 0.29) is 11.8 Å². The van der Waals surface area contributed by atoms with E-state index >= 15 is 0 Å². The Morgan fingerprint density at radius 2 is 1.62 bits per heavy atom. The third kappa shape index (κ3) is 10.2. The van der Waals surface area contributed by atoms with Crippen molar-refractivity contribution in [1.82, 2.24) is 10.2 Å². The van der Waals surface area contributed by atoms with Gasteiger partial charge in [0.1, 0.15) is 24.0 Å². The second kappa shape index (κ2) is 13.6. The summed E-state index contributed by atoms with van der Waals surface area (Å²) >= 11 is 0. The normalized spacial score (nSPS) is 15.8. The van der Waals surface area contributed by atoms with Crippen LogP contribution in [0.5, 0.6) is 5.75 Å². The molecule has 1 saturated heterocycles. The average Bonchev–Trinajstić information content (AvgIpc) is 2.86. The third-order valence-electron chi connectivity index (χ3n) is 6.60. The molecular weight excluding hydrogens is 464 g/mol. The number of piperidine rings is 1. The number of carbonyl (C=O) groups is 2. The number of likely N-dealkylation sites (tertiary alicyclic amines) is 1. The lowest BCUT2D eigenvalue weighted by Gasteiger charge is -2.32. The molecule has 1 amide bonds. The number of nitrogens with one attached hydrogen (secondary N) is 1. The van der Waals surface area contributed by atoms with E-state index in [9.17, 15) is 9.59 Å². The number of rotatable bonds is 11. The second-order valence-corrected chi connectivity index (χ2v) is 11.5. The lowest BCUT2D eigenvalue weighted by molar-refractivity contribution is -0.159. The maximum absolute atomic E-state index is 13.2. The average molecular weight is 509 g/mol. The number of esters is 1. The van der Waals surface area contributed by atoms with Crippen LogP contribution in [0, 0.1) is 11.8 Å². The predicted molar refractivity (Wildman–Crippen MR) is 147 cm³/mol. The van der Waals surface area contributed by atoms with Crippen LogP contribution in [0.2, 0.25) is 0 Å². The number of nitrogens with zero attached hydrogens (tertiary/aromatic N) is 1. The zero-order valence-electron chi connectivity index (χ0n) is 23.2. The van der Waals surface area contributed by atoms with E-state index in [4.69, 9.17) is 9.47 Å². The van der Waals surface area contributed by atoms with E-state index in [1.165, 1.54) is 6.42 Å². The molecule has 0 aliphatic carbocycles. The van der Waals surface area contributed by atoms with Crippen molar-refractivity contribution in [2.45, 2.75) is 78.6 Å². The van der Waals surface area contributed by atoms with Crippen LogP contribution in [0.15, 0.2) is 54.6 Å². The van der Waals surface area contributed by atoms with Gasteiger partial charge in [0.15, 0.2) is 0 Å². The summed E-state index contributed by atoms with van der Waals surface area (Å²) in [6.45, 7) is 13.4. The topological polar surface area (TPSA) is 67.9 Å². The highest BCUT2D eigenvalue weighted by Gasteiger charge is 2.31. The lowest BCUT2D eigenvalue weighted by Crippen LogP contribution is -2.49. The number of carbonyl (C=O) groups excluding carboxylic acids is 2. The van der Waals surface area contributed by atoms with Crippen LogP contribution in [0.4, 0.5) is 0 Å². The first-order chi connectivity index (χ1) is 17.6. The molecule has 202 valence electrons. The van der Waals surface area contributed by atoms with Gasteiger partial charge in [0, 0.05) is 12.3 Å². The summed E-state index contributed by atoms with van der Waals surface area (Å²) in [5, 5.41) is 3.02. The van der Waals surface area contributed by atoms with E-state index in [1.807, 2.05) is 75.4 Å². The Morgan fingerprint density at radius 3 is 2.22 bits per heavy atom. The van der Waals surface area contributed by atoms with Crippen molar-refractivity contribution in [2.24, 2.45) is 11.8 Å². The smallest absolute Gasteiger partial charge is 0.329 e. The third-order valence-corrected chi connectivity index (χ3v) is 6.60.